The van der Waals surface area contributed by atoms with E-state index in [1.807, 2.05) is 0 Å². The molecule has 0 bridgehead atoms. The third-order valence-electron chi connectivity index (χ3n) is 3.27. The summed E-state index contributed by atoms with van der Waals surface area (Å²) < 4.78 is 42.7. The fourth-order valence-corrected chi connectivity index (χ4v) is 2.78. The molecule has 0 spiro atoms. The van der Waals surface area contributed by atoms with Gasteiger partial charge in [-0.15, -0.1) is 35.3 Å². The third-order valence-corrected chi connectivity index (χ3v) is 4.12. The summed E-state index contributed by atoms with van der Waals surface area (Å²) in [5, 5.41) is 7.49. The van der Waals surface area contributed by atoms with Crippen molar-refractivity contribution in [2.24, 2.45) is 4.99 Å². The lowest BCUT2D eigenvalue weighted by molar-refractivity contribution is -0.140. The highest BCUT2D eigenvalue weighted by Gasteiger charge is 2.33. The van der Waals surface area contributed by atoms with Gasteiger partial charge in [-0.25, -0.2) is 4.98 Å². The maximum atomic E-state index is 12.5. The molecule has 10 heteroatoms. The number of hydrogen-bond donors (Lipinski definition) is 2. The zero-order valence-electron chi connectivity index (χ0n) is 13.2. The number of guanidine groups is 1. The predicted octanol–water partition coefficient (Wildman–Crippen LogP) is 3.18. The van der Waals surface area contributed by atoms with Crippen molar-refractivity contribution in [2.45, 2.75) is 25.6 Å². The smallest absolute Gasteiger partial charge is 0.377 e. The number of ether oxygens (including phenoxy) is 1. The number of halogens is 4. The van der Waals surface area contributed by atoms with Crippen LogP contribution in [0.25, 0.3) is 0 Å². The van der Waals surface area contributed by atoms with Gasteiger partial charge in [-0.05, 0) is 12.8 Å². The number of thiazole rings is 1. The lowest BCUT2D eigenvalue weighted by Crippen LogP contribution is -2.37. The second kappa shape index (κ2) is 10.2. The van der Waals surface area contributed by atoms with E-state index < -0.39 is 11.9 Å². The summed E-state index contributed by atoms with van der Waals surface area (Å²) in [6.45, 7) is 2.33. The summed E-state index contributed by atoms with van der Waals surface area (Å²) in [5.41, 5.74) is 0.489. The Balaban J connectivity index is 0.00000288. The molecule has 2 N–H and O–H groups in total. The van der Waals surface area contributed by atoms with Crippen LogP contribution in [0.2, 0.25) is 0 Å². The van der Waals surface area contributed by atoms with E-state index >= 15 is 0 Å². The number of alkyl halides is 3. The molecule has 0 unspecified atom stereocenters. The van der Waals surface area contributed by atoms with Gasteiger partial charge in [0.1, 0.15) is 5.01 Å². The predicted molar refractivity (Wildman–Crippen MR) is 98.9 cm³/mol. The Labute approximate surface area is 159 Å². The van der Waals surface area contributed by atoms with Crippen LogP contribution in [0, 0.1) is 0 Å². The molecule has 1 aromatic heterocycles. The first-order chi connectivity index (χ1) is 11.0. The molecule has 0 saturated carbocycles. The van der Waals surface area contributed by atoms with Crippen LogP contribution in [-0.2, 0) is 17.5 Å². The molecule has 2 rings (SSSR count). The van der Waals surface area contributed by atoms with Crippen LogP contribution in [0.15, 0.2) is 22.0 Å². The molecule has 1 aliphatic rings. The lowest BCUT2D eigenvalue weighted by atomic mass is 10.1. The standard InChI is InChI=1S/C14H19F3N4OS.HI/c1-18-13(19-5-2-10-3-6-22-7-4-10)20-8-12-21-11(9-23-12)14(15,16)17;/h3,9H,2,4-8H2,1H3,(H2,18,19,20);1H. The summed E-state index contributed by atoms with van der Waals surface area (Å²) in [4.78, 5) is 7.61. The highest BCUT2D eigenvalue weighted by Crippen LogP contribution is 2.29. The van der Waals surface area contributed by atoms with Crippen molar-refractivity contribution in [3.63, 3.8) is 0 Å². The van der Waals surface area contributed by atoms with Crippen LogP contribution in [0.4, 0.5) is 13.2 Å². The third kappa shape index (κ3) is 6.93. The molecular weight excluding hydrogens is 456 g/mol. The molecule has 5 nitrogen and oxygen atoms in total. The molecule has 0 aliphatic carbocycles. The van der Waals surface area contributed by atoms with E-state index in [1.165, 1.54) is 5.57 Å². The normalized spacial score (nSPS) is 15.5. The van der Waals surface area contributed by atoms with Crippen molar-refractivity contribution in [2.75, 3.05) is 26.8 Å². The zero-order chi connectivity index (χ0) is 16.7. The molecule has 136 valence electrons. The molecule has 0 amide bonds. The summed E-state index contributed by atoms with van der Waals surface area (Å²) in [5.74, 6) is 0.543. The van der Waals surface area contributed by atoms with E-state index in [1.54, 1.807) is 7.05 Å². The van der Waals surface area contributed by atoms with Gasteiger partial charge >= 0.3 is 6.18 Å². The van der Waals surface area contributed by atoms with Gasteiger partial charge in [0.05, 0.1) is 19.8 Å². The second-order valence-electron chi connectivity index (χ2n) is 4.91. The van der Waals surface area contributed by atoms with Gasteiger partial charge in [0.15, 0.2) is 11.7 Å². The molecule has 1 aromatic rings. The number of hydrogen-bond acceptors (Lipinski definition) is 4. The van der Waals surface area contributed by atoms with Crippen LogP contribution < -0.4 is 10.6 Å². The molecular formula is C14H20F3IN4OS. The number of aliphatic imine (C=N–C) groups is 1. The average molecular weight is 476 g/mol. The minimum Gasteiger partial charge on any atom is -0.377 e. The van der Waals surface area contributed by atoms with E-state index in [-0.39, 0.29) is 30.5 Å². The number of aromatic nitrogens is 1. The van der Waals surface area contributed by atoms with Crippen molar-refractivity contribution in [3.8, 4) is 0 Å². The van der Waals surface area contributed by atoms with Gasteiger partial charge in [-0.1, -0.05) is 11.6 Å². The first kappa shape index (κ1) is 21.2. The van der Waals surface area contributed by atoms with E-state index in [9.17, 15) is 13.2 Å². The van der Waals surface area contributed by atoms with Crippen LogP contribution in [0.3, 0.4) is 0 Å². The summed E-state index contributed by atoms with van der Waals surface area (Å²) in [6, 6.07) is 0. The lowest BCUT2D eigenvalue weighted by Gasteiger charge is -2.15. The molecule has 1 aliphatic heterocycles. The SMILES string of the molecule is CN=C(NCCC1=CCOCC1)NCc1nc(C(F)(F)F)cs1.I. The molecule has 0 radical (unpaired) electrons. The van der Waals surface area contributed by atoms with Crippen molar-refractivity contribution in [3.05, 3.63) is 27.7 Å². The Hall–Kier alpha value is -0.880. The zero-order valence-corrected chi connectivity index (χ0v) is 16.3. The van der Waals surface area contributed by atoms with Gasteiger partial charge < -0.3 is 15.4 Å². The summed E-state index contributed by atoms with van der Waals surface area (Å²) in [6.07, 6.45) is -0.492. The van der Waals surface area contributed by atoms with Crippen molar-refractivity contribution in [1.29, 1.82) is 0 Å². The van der Waals surface area contributed by atoms with Gasteiger partial charge in [-0.2, -0.15) is 13.2 Å². The van der Waals surface area contributed by atoms with E-state index in [0.29, 0.717) is 24.1 Å². The quantitative estimate of drug-likeness (QED) is 0.297. The summed E-state index contributed by atoms with van der Waals surface area (Å²) in [7, 11) is 1.62. The van der Waals surface area contributed by atoms with Gasteiger partial charge in [0, 0.05) is 19.0 Å². The van der Waals surface area contributed by atoms with Crippen LogP contribution in [0.1, 0.15) is 23.5 Å². The fraction of sp³-hybridized carbons (Fsp3) is 0.571. The monoisotopic (exact) mass is 476 g/mol. The van der Waals surface area contributed by atoms with E-state index in [4.69, 9.17) is 4.74 Å². The Bertz CT molecular complexity index is 575. The number of nitrogens with one attached hydrogen (secondary N) is 2. The van der Waals surface area contributed by atoms with Crippen molar-refractivity contribution >= 4 is 41.3 Å². The average Bonchev–Trinajstić information content (AvgIpc) is 3.01. The molecule has 24 heavy (non-hydrogen) atoms. The largest absolute Gasteiger partial charge is 0.434 e. The van der Waals surface area contributed by atoms with Crippen LogP contribution >= 0.6 is 35.3 Å². The number of rotatable bonds is 5. The highest BCUT2D eigenvalue weighted by atomic mass is 127. The van der Waals surface area contributed by atoms with E-state index in [0.717, 1.165) is 36.2 Å². The maximum Gasteiger partial charge on any atom is 0.434 e. The first-order valence-corrected chi connectivity index (χ1v) is 8.09. The van der Waals surface area contributed by atoms with Crippen molar-refractivity contribution < 1.29 is 17.9 Å². The summed E-state index contributed by atoms with van der Waals surface area (Å²) >= 11 is 0.976. The van der Waals surface area contributed by atoms with Crippen LogP contribution in [0.5, 0.6) is 0 Å². The minimum atomic E-state index is -4.40. The Kier molecular flexibility index (Phi) is 8.98. The fourth-order valence-electron chi connectivity index (χ4n) is 2.04. The number of nitrogens with zero attached hydrogens (tertiary/aromatic N) is 2. The van der Waals surface area contributed by atoms with Gasteiger partial charge in [-0.3, -0.25) is 4.99 Å². The van der Waals surface area contributed by atoms with Gasteiger partial charge in [0.25, 0.3) is 0 Å². The Morgan fingerprint density at radius 2 is 2.21 bits per heavy atom. The first-order valence-electron chi connectivity index (χ1n) is 7.21. The molecule has 0 aromatic carbocycles. The topological polar surface area (TPSA) is 58.5 Å². The molecule has 0 saturated heterocycles. The molecule has 0 atom stereocenters. The van der Waals surface area contributed by atoms with Crippen LogP contribution in [-0.4, -0.2) is 37.7 Å². The Morgan fingerprint density at radius 3 is 2.79 bits per heavy atom. The maximum absolute atomic E-state index is 12.5. The van der Waals surface area contributed by atoms with E-state index in [2.05, 4.69) is 26.7 Å². The van der Waals surface area contributed by atoms with Crippen molar-refractivity contribution in [1.82, 2.24) is 15.6 Å². The Morgan fingerprint density at radius 1 is 1.42 bits per heavy atom. The molecule has 0 fully saturated rings. The van der Waals surface area contributed by atoms with Gasteiger partial charge in [0.2, 0.25) is 0 Å². The highest BCUT2D eigenvalue weighted by molar-refractivity contribution is 14.0. The second-order valence-corrected chi connectivity index (χ2v) is 5.86. The molecule has 2 heterocycles. The minimum absolute atomic E-state index is 0.